The second-order valence-electron chi connectivity index (χ2n) is 5.21. The van der Waals surface area contributed by atoms with Crippen LogP contribution in [0.5, 0.6) is 0 Å². The van der Waals surface area contributed by atoms with Gasteiger partial charge in [-0.05, 0) is 20.8 Å². The molecule has 4 nitrogen and oxygen atoms in total. The molecule has 0 spiro atoms. The summed E-state index contributed by atoms with van der Waals surface area (Å²) in [4.78, 5) is 0. The van der Waals surface area contributed by atoms with E-state index in [9.17, 15) is 4.21 Å². The van der Waals surface area contributed by atoms with Crippen LogP contribution in [0.25, 0.3) is 0 Å². The molecule has 1 N–H and O–H groups in total. The van der Waals surface area contributed by atoms with Crippen molar-refractivity contribution in [1.82, 2.24) is 4.72 Å². The molecular weight excluding hydrogens is 212 g/mol. The minimum atomic E-state index is -1.21. The Morgan fingerprint density at radius 1 is 1.53 bits per heavy atom. The van der Waals surface area contributed by atoms with E-state index < -0.39 is 17.0 Å². The van der Waals surface area contributed by atoms with E-state index in [1.54, 1.807) is 0 Å². The highest BCUT2D eigenvalue weighted by molar-refractivity contribution is 7.84. The molecule has 0 aromatic heterocycles. The van der Waals surface area contributed by atoms with Gasteiger partial charge in [0, 0.05) is 5.41 Å². The van der Waals surface area contributed by atoms with Crippen molar-refractivity contribution in [2.45, 2.75) is 38.5 Å². The maximum Gasteiger partial charge on any atom is 0.116 e. The van der Waals surface area contributed by atoms with Crippen LogP contribution in [0.15, 0.2) is 0 Å². The molecule has 15 heavy (non-hydrogen) atoms. The van der Waals surface area contributed by atoms with Gasteiger partial charge in [-0.25, -0.2) is 8.93 Å². The van der Waals surface area contributed by atoms with E-state index in [-0.39, 0.29) is 10.2 Å². The quantitative estimate of drug-likeness (QED) is 0.785. The smallest absolute Gasteiger partial charge is 0.116 e. The van der Waals surface area contributed by atoms with Gasteiger partial charge in [0.25, 0.3) is 0 Å². The Labute approximate surface area is 93.6 Å². The molecule has 1 rings (SSSR count). The maximum atomic E-state index is 11.8. The largest absolute Gasteiger partial charge is 0.380 e. The molecule has 1 saturated heterocycles. The second kappa shape index (κ2) is 4.20. The lowest BCUT2D eigenvalue weighted by atomic mass is 9.82. The Balaban J connectivity index is 2.63. The van der Waals surface area contributed by atoms with Gasteiger partial charge < -0.3 is 4.74 Å². The maximum absolute atomic E-state index is 11.8. The summed E-state index contributed by atoms with van der Waals surface area (Å²) in [5.74, 6) is 0. The third kappa shape index (κ3) is 2.77. The van der Waals surface area contributed by atoms with Gasteiger partial charge in [-0.2, -0.15) is 5.26 Å². The van der Waals surface area contributed by atoms with E-state index in [2.05, 4.69) is 10.8 Å². The van der Waals surface area contributed by atoms with E-state index >= 15 is 0 Å². The zero-order valence-corrected chi connectivity index (χ0v) is 10.5. The minimum Gasteiger partial charge on any atom is -0.380 e. The van der Waals surface area contributed by atoms with Crippen molar-refractivity contribution >= 4 is 11.0 Å². The highest BCUT2D eigenvalue weighted by Crippen LogP contribution is 2.31. The zero-order valence-electron chi connectivity index (χ0n) is 9.66. The van der Waals surface area contributed by atoms with Gasteiger partial charge in [-0.1, -0.05) is 6.92 Å². The van der Waals surface area contributed by atoms with E-state index in [4.69, 9.17) is 10.00 Å². The van der Waals surface area contributed by atoms with Crippen molar-refractivity contribution in [3.63, 3.8) is 0 Å². The lowest BCUT2D eigenvalue weighted by molar-refractivity contribution is -0.108. The number of nitriles is 1. The predicted molar refractivity (Wildman–Crippen MR) is 59.4 cm³/mol. The number of hydrogen-bond donors (Lipinski definition) is 1. The molecule has 0 aromatic rings. The molecule has 0 radical (unpaired) electrons. The third-order valence-corrected chi connectivity index (χ3v) is 4.03. The molecule has 86 valence electrons. The van der Waals surface area contributed by atoms with Gasteiger partial charge in [0.15, 0.2) is 0 Å². The van der Waals surface area contributed by atoms with Crippen molar-refractivity contribution in [2.24, 2.45) is 5.41 Å². The number of rotatable bonds is 3. The standard InChI is InChI=1S/C10H18N2O2S/c1-9(2,3)15(13)12-8(5-11)10(4)6-14-7-10/h8,12H,6-7H2,1-4H3/t8-,15+/m1/s1. The molecule has 1 heterocycles. The fourth-order valence-corrected chi connectivity index (χ4v) is 2.10. The summed E-state index contributed by atoms with van der Waals surface area (Å²) in [7, 11) is -1.21. The Kier molecular flexibility index (Phi) is 3.54. The SMILES string of the molecule is CC1([C@@H](C#N)N[S@@](=O)C(C)(C)C)COC1. The van der Waals surface area contributed by atoms with Gasteiger partial charge in [-0.15, -0.1) is 0 Å². The van der Waals surface area contributed by atoms with Crippen molar-refractivity contribution in [3.05, 3.63) is 0 Å². The Bertz CT molecular complexity index is 300. The average molecular weight is 230 g/mol. The molecule has 1 aliphatic heterocycles. The lowest BCUT2D eigenvalue weighted by Gasteiger charge is -2.41. The van der Waals surface area contributed by atoms with Crippen LogP contribution in [0.1, 0.15) is 27.7 Å². The van der Waals surface area contributed by atoms with E-state index in [1.165, 1.54) is 0 Å². The van der Waals surface area contributed by atoms with Crippen molar-refractivity contribution in [1.29, 1.82) is 5.26 Å². The molecule has 0 amide bonds. The third-order valence-electron chi connectivity index (χ3n) is 2.47. The molecule has 2 atom stereocenters. The van der Waals surface area contributed by atoms with Crippen LogP contribution in [0.2, 0.25) is 0 Å². The Hall–Kier alpha value is -0.440. The summed E-state index contributed by atoms with van der Waals surface area (Å²) >= 11 is 0. The van der Waals surface area contributed by atoms with Gasteiger partial charge in [0.1, 0.15) is 6.04 Å². The lowest BCUT2D eigenvalue weighted by Crippen LogP contribution is -2.56. The Morgan fingerprint density at radius 2 is 2.07 bits per heavy atom. The van der Waals surface area contributed by atoms with Crippen molar-refractivity contribution in [3.8, 4) is 6.07 Å². The summed E-state index contributed by atoms with van der Waals surface area (Å²) < 4.78 is 19.5. The average Bonchev–Trinajstić information content (AvgIpc) is 2.08. The first kappa shape index (κ1) is 12.6. The van der Waals surface area contributed by atoms with Crippen LogP contribution in [-0.4, -0.2) is 28.2 Å². The molecule has 0 aliphatic carbocycles. The molecule has 0 aromatic carbocycles. The van der Waals surface area contributed by atoms with Gasteiger partial charge in [0.2, 0.25) is 0 Å². The summed E-state index contributed by atoms with van der Waals surface area (Å²) in [5, 5.41) is 9.04. The highest BCUT2D eigenvalue weighted by atomic mass is 32.2. The summed E-state index contributed by atoms with van der Waals surface area (Å²) in [5.41, 5.74) is -0.199. The first-order chi connectivity index (χ1) is 6.79. The molecule has 5 heteroatoms. The topological polar surface area (TPSA) is 62.1 Å². The molecular formula is C10H18N2O2S. The molecule has 0 bridgehead atoms. The first-order valence-electron chi connectivity index (χ1n) is 4.95. The normalized spacial score (nSPS) is 23.7. The zero-order chi connectivity index (χ0) is 11.7. The van der Waals surface area contributed by atoms with Crippen LogP contribution in [0.3, 0.4) is 0 Å². The fraction of sp³-hybridized carbons (Fsp3) is 0.900. The summed E-state index contributed by atoms with van der Waals surface area (Å²) in [6.07, 6.45) is 0. The van der Waals surface area contributed by atoms with Crippen molar-refractivity contribution in [2.75, 3.05) is 13.2 Å². The van der Waals surface area contributed by atoms with Gasteiger partial charge in [0.05, 0.1) is 35.0 Å². The van der Waals surface area contributed by atoms with Crippen LogP contribution >= 0.6 is 0 Å². The van der Waals surface area contributed by atoms with Crippen LogP contribution < -0.4 is 4.72 Å². The molecule has 1 fully saturated rings. The molecule has 1 aliphatic rings. The monoisotopic (exact) mass is 230 g/mol. The first-order valence-corrected chi connectivity index (χ1v) is 6.10. The van der Waals surface area contributed by atoms with E-state index in [0.29, 0.717) is 13.2 Å². The van der Waals surface area contributed by atoms with E-state index in [0.717, 1.165) is 0 Å². The predicted octanol–water partition coefficient (Wildman–Crippen LogP) is 0.967. The molecule has 0 saturated carbocycles. The summed E-state index contributed by atoms with van der Waals surface area (Å²) in [6, 6.07) is 1.75. The van der Waals surface area contributed by atoms with Crippen LogP contribution in [-0.2, 0) is 15.7 Å². The number of ether oxygens (including phenoxy) is 1. The highest BCUT2D eigenvalue weighted by Gasteiger charge is 2.43. The summed E-state index contributed by atoms with van der Waals surface area (Å²) in [6.45, 7) is 8.72. The molecule has 0 unspecified atom stereocenters. The Morgan fingerprint density at radius 3 is 2.33 bits per heavy atom. The number of hydrogen-bond acceptors (Lipinski definition) is 3. The van der Waals surface area contributed by atoms with Crippen molar-refractivity contribution < 1.29 is 8.95 Å². The van der Waals surface area contributed by atoms with Gasteiger partial charge in [-0.3, -0.25) is 0 Å². The number of nitrogens with one attached hydrogen (secondary N) is 1. The van der Waals surface area contributed by atoms with E-state index in [1.807, 2.05) is 27.7 Å². The fourth-order valence-electron chi connectivity index (χ4n) is 1.20. The van der Waals surface area contributed by atoms with Crippen LogP contribution in [0.4, 0.5) is 0 Å². The van der Waals surface area contributed by atoms with Gasteiger partial charge >= 0.3 is 0 Å². The minimum absolute atomic E-state index is 0.199. The number of nitrogens with zero attached hydrogens (tertiary/aromatic N) is 1. The van der Waals surface area contributed by atoms with Crippen LogP contribution in [0, 0.1) is 16.7 Å². The second-order valence-corrected chi connectivity index (χ2v) is 7.21.